The summed E-state index contributed by atoms with van der Waals surface area (Å²) >= 11 is 0.288. The molecular weight excluding hydrogens is 622 g/mol. The maximum absolute atomic E-state index is 14.4. The van der Waals surface area contributed by atoms with E-state index in [1.165, 1.54) is 33.4 Å². The Morgan fingerprint density at radius 1 is 1.09 bits per heavy atom. The van der Waals surface area contributed by atoms with Crippen molar-refractivity contribution in [2.24, 2.45) is 12.5 Å². The van der Waals surface area contributed by atoms with E-state index in [9.17, 15) is 30.8 Å². The van der Waals surface area contributed by atoms with E-state index in [1.54, 1.807) is 30.2 Å². The first kappa shape index (κ1) is 29.0. The van der Waals surface area contributed by atoms with Crippen LogP contribution in [0.3, 0.4) is 0 Å². The molecule has 7 rings (SSSR count). The molecule has 0 aromatic carbocycles. The van der Waals surface area contributed by atoms with Gasteiger partial charge in [0.25, 0.3) is 10.0 Å². The molecule has 0 amide bonds. The first-order valence-electron chi connectivity index (χ1n) is 13.9. The molecule has 0 aliphatic heterocycles. The highest BCUT2D eigenvalue weighted by molar-refractivity contribution is 7.89. The SMILES string of the molecule is Cn1ccc(S(=O)(=O)N(C2CC2)[C@H]2CCC3=Cc4c(cnn4-c4ccc(F)nc4)C[C@]3(C(=O)c3ncc(C(F)(F)F)s3)C2)n1. The van der Waals surface area contributed by atoms with Crippen LogP contribution in [0, 0.1) is 11.4 Å². The number of aryl methyl sites for hydroxylation is 1. The lowest BCUT2D eigenvalue weighted by atomic mass is 9.61. The molecule has 0 unspecified atom stereocenters. The number of nitrogens with zero attached hydrogens (tertiary/aromatic N) is 7. The number of hydrogen-bond acceptors (Lipinski definition) is 8. The second-order valence-corrected chi connectivity index (χ2v) is 14.2. The Hall–Kier alpha value is -3.76. The molecule has 2 atom stereocenters. The van der Waals surface area contributed by atoms with Crippen molar-refractivity contribution in [3.05, 3.63) is 75.6 Å². The summed E-state index contributed by atoms with van der Waals surface area (Å²) < 4.78 is 86.3. The van der Waals surface area contributed by atoms with E-state index in [-0.39, 0.29) is 40.3 Å². The third-order valence-corrected chi connectivity index (χ3v) is 11.4. The number of ketones is 1. The molecule has 0 radical (unpaired) electrons. The minimum atomic E-state index is -4.66. The highest BCUT2D eigenvalue weighted by atomic mass is 32.2. The Morgan fingerprint density at radius 2 is 1.89 bits per heavy atom. The smallest absolute Gasteiger partial charge is 0.290 e. The van der Waals surface area contributed by atoms with E-state index in [0.29, 0.717) is 54.4 Å². The van der Waals surface area contributed by atoms with Crippen molar-refractivity contribution in [3.8, 4) is 5.69 Å². The number of sulfonamides is 1. The molecule has 2 saturated carbocycles. The highest BCUT2D eigenvalue weighted by Gasteiger charge is 2.54. The highest BCUT2D eigenvalue weighted by Crippen LogP contribution is 2.53. The number of alkyl halides is 3. The van der Waals surface area contributed by atoms with Crippen LogP contribution in [0.2, 0.25) is 0 Å². The Bertz CT molecular complexity index is 1910. The number of hydrogen-bond donors (Lipinski definition) is 0. The molecule has 0 bridgehead atoms. The number of aromatic nitrogens is 6. The summed E-state index contributed by atoms with van der Waals surface area (Å²) in [7, 11) is -2.41. The molecule has 10 nitrogen and oxygen atoms in total. The predicted octanol–water partition coefficient (Wildman–Crippen LogP) is 4.83. The average Bonchev–Trinajstić information content (AvgIpc) is 3.34. The summed E-state index contributed by atoms with van der Waals surface area (Å²) in [5, 5.41) is 8.21. The van der Waals surface area contributed by atoms with Gasteiger partial charge in [-0.05, 0) is 68.4 Å². The fourth-order valence-corrected chi connectivity index (χ4v) is 9.05. The van der Waals surface area contributed by atoms with Gasteiger partial charge in [-0.15, -0.1) is 11.3 Å². The van der Waals surface area contributed by atoms with Crippen LogP contribution < -0.4 is 0 Å². The predicted molar refractivity (Wildman–Crippen MR) is 150 cm³/mol. The van der Waals surface area contributed by atoms with Crippen molar-refractivity contribution >= 4 is 33.2 Å². The zero-order chi connectivity index (χ0) is 31.0. The standard InChI is InChI=1S/C28H25F4N7O3S2/c1-37-9-8-24(36-37)44(41,42)39(18-4-5-18)19-3-2-17-10-21-16(13-35-38(21)20-6-7-23(29)33-14-20)11-27(17,12-19)25(40)26-34-15-22(43-26)28(30,31)32/h6-10,13-15,18-19H,2-5,11-12H2,1H3/t19-,27-/m0/s1. The van der Waals surface area contributed by atoms with Gasteiger partial charge >= 0.3 is 6.18 Å². The number of carbonyl (C=O) groups is 1. The maximum Gasteiger partial charge on any atom is 0.427 e. The van der Waals surface area contributed by atoms with Crippen molar-refractivity contribution < 1.29 is 30.8 Å². The fraction of sp³-hybridized carbons (Fsp3) is 0.393. The van der Waals surface area contributed by atoms with Gasteiger partial charge < -0.3 is 0 Å². The van der Waals surface area contributed by atoms with Crippen LogP contribution in [-0.2, 0) is 29.7 Å². The Balaban J connectivity index is 1.32. The van der Waals surface area contributed by atoms with E-state index in [1.807, 2.05) is 0 Å². The largest absolute Gasteiger partial charge is 0.427 e. The summed E-state index contributed by atoms with van der Waals surface area (Å²) in [5.41, 5.74) is 1.10. The van der Waals surface area contributed by atoms with Gasteiger partial charge in [-0.25, -0.2) is 23.1 Å². The molecule has 0 N–H and O–H groups in total. The first-order chi connectivity index (χ1) is 20.9. The van der Waals surface area contributed by atoms with Gasteiger partial charge in [-0.1, -0.05) is 5.57 Å². The van der Waals surface area contributed by atoms with Gasteiger partial charge in [-0.3, -0.25) is 9.48 Å². The molecule has 4 aromatic heterocycles. The van der Waals surface area contributed by atoms with Crippen molar-refractivity contribution in [2.75, 3.05) is 0 Å². The van der Waals surface area contributed by atoms with Crippen molar-refractivity contribution in [1.82, 2.24) is 33.8 Å². The fourth-order valence-electron chi connectivity index (χ4n) is 6.37. The van der Waals surface area contributed by atoms with Crippen LogP contribution in [0.5, 0.6) is 0 Å². The molecule has 0 saturated heterocycles. The Morgan fingerprint density at radius 3 is 2.52 bits per heavy atom. The molecule has 4 aromatic rings. The van der Waals surface area contributed by atoms with Crippen LogP contribution in [0.1, 0.15) is 58.0 Å². The molecule has 44 heavy (non-hydrogen) atoms. The number of pyridine rings is 1. The molecule has 16 heteroatoms. The van der Waals surface area contributed by atoms with E-state index in [0.717, 1.165) is 0 Å². The van der Waals surface area contributed by atoms with E-state index in [2.05, 4.69) is 20.2 Å². The molecule has 2 fully saturated rings. The van der Waals surface area contributed by atoms with E-state index < -0.39 is 44.3 Å². The monoisotopic (exact) mass is 647 g/mol. The average molecular weight is 648 g/mol. The van der Waals surface area contributed by atoms with Gasteiger partial charge in [0.1, 0.15) is 4.88 Å². The number of thiazole rings is 1. The van der Waals surface area contributed by atoms with Gasteiger partial charge in [0.05, 0.1) is 35.4 Å². The van der Waals surface area contributed by atoms with Gasteiger partial charge in [0.15, 0.2) is 10.0 Å². The second-order valence-electron chi connectivity index (χ2n) is 11.4. The number of Topliss-reactive ketones (excluding diaryl/α,β-unsaturated/α-hetero) is 1. The van der Waals surface area contributed by atoms with Crippen LogP contribution >= 0.6 is 11.3 Å². The van der Waals surface area contributed by atoms with Gasteiger partial charge in [-0.2, -0.15) is 32.1 Å². The van der Waals surface area contributed by atoms with Gasteiger partial charge in [0, 0.05) is 25.3 Å². The van der Waals surface area contributed by atoms with Crippen LogP contribution in [-0.4, -0.2) is 60.1 Å². The topological polar surface area (TPSA) is 116 Å². The van der Waals surface area contributed by atoms with E-state index in [4.69, 9.17) is 0 Å². The minimum absolute atomic E-state index is 0.0594. The summed E-state index contributed by atoms with van der Waals surface area (Å²) in [5.74, 6) is -1.24. The first-order valence-corrected chi connectivity index (χ1v) is 16.1. The molecular formula is C28H25F4N7O3S2. The van der Waals surface area contributed by atoms with Crippen molar-refractivity contribution in [1.29, 1.82) is 0 Å². The summed E-state index contributed by atoms with van der Waals surface area (Å²) in [4.78, 5) is 21.0. The zero-order valence-electron chi connectivity index (χ0n) is 23.2. The summed E-state index contributed by atoms with van der Waals surface area (Å²) in [6.07, 6.45) is 4.43. The molecule has 0 spiro atoms. The lowest BCUT2D eigenvalue weighted by molar-refractivity contribution is -0.134. The molecule has 3 aliphatic carbocycles. The number of fused-ring (bicyclic) bond motifs is 2. The quantitative estimate of drug-likeness (QED) is 0.160. The van der Waals surface area contributed by atoms with Crippen LogP contribution in [0.4, 0.5) is 17.6 Å². The minimum Gasteiger partial charge on any atom is -0.290 e. The Kier molecular flexibility index (Phi) is 6.68. The van der Waals surface area contributed by atoms with Crippen LogP contribution in [0.15, 0.2) is 53.6 Å². The number of allylic oxidation sites excluding steroid dienone is 1. The summed E-state index contributed by atoms with van der Waals surface area (Å²) in [6, 6.07) is 3.29. The zero-order valence-corrected chi connectivity index (χ0v) is 24.8. The second kappa shape index (κ2) is 10.1. The molecule has 4 heterocycles. The normalized spacial score (nSPS) is 22.0. The lowest BCUT2D eigenvalue weighted by Crippen LogP contribution is -2.51. The number of halogens is 4. The third-order valence-electron chi connectivity index (χ3n) is 8.50. The molecule has 230 valence electrons. The van der Waals surface area contributed by atoms with E-state index >= 15 is 0 Å². The van der Waals surface area contributed by atoms with Crippen molar-refractivity contribution in [3.63, 3.8) is 0 Å². The number of carbonyl (C=O) groups excluding carboxylic acids is 1. The maximum atomic E-state index is 14.4. The third kappa shape index (κ3) is 4.79. The van der Waals surface area contributed by atoms with Crippen LogP contribution in [0.25, 0.3) is 11.8 Å². The Labute approximate surface area is 253 Å². The van der Waals surface area contributed by atoms with Crippen molar-refractivity contribution in [2.45, 2.75) is 61.8 Å². The number of rotatable bonds is 7. The molecule has 3 aliphatic rings. The van der Waals surface area contributed by atoms with Gasteiger partial charge in [0.2, 0.25) is 11.7 Å². The lowest BCUT2D eigenvalue weighted by Gasteiger charge is -2.46. The summed E-state index contributed by atoms with van der Waals surface area (Å²) in [6.45, 7) is 0.